The number of aryl methyl sites for hydroxylation is 2. The maximum atomic E-state index is 14.6. The predicted octanol–water partition coefficient (Wildman–Crippen LogP) is 9.30. The molecule has 4 atom stereocenters. The van der Waals surface area contributed by atoms with Crippen molar-refractivity contribution in [3.63, 3.8) is 0 Å². The average molecular weight is 785 g/mol. The highest BCUT2D eigenvalue weighted by molar-refractivity contribution is 6.10. The van der Waals surface area contributed by atoms with Gasteiger partial charge in [0.15, 0.2) is 0 Å². The number of nitrogens with zero attached hydrogens (tertiary/aromatic N) is 7. The van der Waals surface area contributed by atoms with E-state index in [1.165, 1.54) is 33.4 Å². The molecule has 0 spiro atoms. The van der Waals surface area contributed by atoms with Gasteiger partial charge in [0.05, 0.1) is 40.2 Å². The molecule has 1 amide bonds. The minimum atomic E-state index is -0.316. The van der Waals surface area contributed by atoms with Gasteiger partial charge in [0.2, 0.25) is 23.3 Å². The molecule has 0 unspecified atom stereocenters. The van der Waals surface area contributed by atoms with Gasteiger partial charge in [0.1, 0.15) is 17.5 Å². The zero-order valence-electron chi connectivity index (χ0n) is 34.2. The van der Waals surface area contributed by atoms with Crippen LogP contribution in [0.3, 0.4) is 0 Å². The molecule has 6 aliphatic rings. The van der Waals surface area contributed by atoms with Crippen LogP contribution in [0.25, 0.3) is 33.2 Å². The van der Waals surface area contributed by atoms with Crippen LogP contribution in [0, 0.1) is 36.0 Å². The molecule has 6 aromatic rings. The van der Waals surface area contributed by atoms with Gasteiger partial charge in [-0.05, 0) is 120 Å². The summed E-state index contributed by atoms with van der Waals surface area (Å²) in [6, 6.07) is 17.6. The molecule has 298 valence electrons. The molecule has 2 aromatic carbocycles. The Kier molecular flexibility index (Phi) is 7.42. The number of fused-ring (bicyclic) bond motifs is 6. The zero-order chi connectivity index (χ0) is 39.9. The molecule has 2 saturated heterocycles. The maximum absolute atomic E-state index is 14.6. The Morgan fingerprint density at radius 3 is 2.08 bits per heavy atom. The van der Waals surface area contributed by atoms with E-state index in [4.69, 9.17) is 18.8 Å². The lowest BCUT2D eigenvalue weighted by Crippen LogP contribution is -2.50. The van der Waals surface area contributed by atoms with Crippen LogP contribution in [0.2, 0.25) is 0 Å². The van der Waals surface area contributed by atoms with Gasteiger partial charge < -0.3 is 23.3 Å². The van der Waals surface area contributed by atoms with Crippen molar-refractivity contribution in [2.75, 3.05) is 31.5 Å². The standard InChI is InChI=1S/C48H48N8O3/c1-5-47-18-10-20-53-22-16-30-29-12-7-8-14-33(29)55(39(30)42(47)53)36(25-47)46-51-28(4)41(59-46)44(57)52-32-13-9-15-34-38(32)31-17-23-54-21-11-19-48(6-2)24-35(56(34)40(31)43(48)54)45-50-27(3)37(26-49)58-45/h7-9,12-15,24-25,42-43H,5-6,10-11,16-23H2,1-4H3,(H,52,57)/t42-,43-,47+,48+/m1/s1. The van der Waals surface area contributed by atoms with Gasteiger partial charge >= 0.3 is 0 Å². The number of piperidine rings is 2. The highest BCUT2D eigenvalue weighted by Gasteiger charge is 2.53. The van der Waals surface area contributed by atoms with Crippen molar-refractivity contribution in [1.29, 1.82) is 5.26 Å². The minimum Gasteiger partial charge on any atom is -0.429 e. The van der Waals surface area contributed by atoms with E-state index in [1.54, 1.807) is 0 Å². The fraction of sp³-hybridized carbons (Fsp3) is 0.417. The third-order valence-corrected chi connectivity index (χ3v) is 15.2. The summed E-state index contributed by atoms with van der Waals surface area (Å²) < 4.78 is 17.6. The normalized spacial score (nSPS) is 25.7. The number of para-hydroxylation sites is 1. The first-order valence-electron chi connectivity index (χ1n) is 21.7. The minimum absolute atomic E-state index is 0.0415. The summed E-state index contributed by atoms with van der Waals surface area (Å²) in [4.78, 5) is 29.8. The van der Waals surface area contributed by atoms with Gasteiger partial charge in [-0.3, -0.25) is 14.6 Å². The van der Waals surface area contributed by atoms with Gasteiger partial charge in [0.25, 0.3) is 5.91 Å². The summed E-state index contributed by atoms with van der Waals surface area (Å²) in [6.45, 7) is 12.5. The smallest absolute Gasteiger partial charge is 0.293 e. The topological polar surface area (TPSA) is 121 Å². The second-order valence-corrected chi connectivity index (χ2v) is 17.9. The molecule has 12 rings (SSSR count). The summed E-state index contributed by atoms with van der Waals surface area (Å²) in [5, 5.41) is 15.5. The number of carbonyl (C=O) groups excluding carboxylic acids is 1. The van der Waals surface area contributed by atoms with E-state index in [2.05, 4.69) is 86.7 Å². The lowest BCUT2D eigenvalue weighted by Gasteiger charge is -2.53. The monoisotopic (exact) mass is 784 g/mol. The van der Waals surface area contributed by atoms with Crippen LogP contribution < -0.4 is 5.32 Å². The van der Waals surface area contributed by atoms with Crippen molar-refractivity contribution in [2.45, 2.75) is 91.1 Å². The summed E-state index contributed by atoms with van der Waals surface area (Å²) >= 11 is 0. The maximum Gasteiger partial charge on any atom is 0.293 e. The first-order chi connectivity index (χ1) is 28.8. The fourth-order valence-corrected chi connectivity index (χ4v) is 12.6. The molecule has 59 heavy (non-hydrogen) atoms. The lowest BCUT2D eigenvalue weighted by atomic mass is 9.66. The molecule has 11 nitrogen and oxygen atoms in total. The molecule has 6 aliphatic heterocycles. The second kappa shape index (κ2) is 12.4. The van der Waals surface area contributed by atoms with E-state index in [-0.39, 0.29) is 34.3 Å². The van der Waals surface area contributed by atoms with Crippen LogP contribution in [0.5, 0.6) is 0 Å². The molecule has 11 heteroatoms. The van der Waals surface area contributed by atoms with E-state index in [9.17, 15) is 10.1 Å². The number of hydrogen-bond donors (Lipinski definition) is 1. The van der Waals surface area contributed by atoms with Crippen molar-refractivity contribution in [3.8, 4) is 6.07 Å². The molecule has 1 N–H and O–H groups in total. The van der Waals surface area contributed by atoms with Gasteiger partial charge in [-0.2, -0.15) is 5.26 Å². The number of anilines is 1. The summed E-state index contributed by atoms with van der Waals surface area (Å²) in [5.41, 5.74) is 11.0. The summed E-state index contributed by atoms with van der Waals surface area (Å²) in [5.74, 6) is 1.08. The second-order valence-electron chi connectivity index (χ2n) is 17.9. The Hall–Kier alpha value is -5.70. The zero-order valence-corrected chi connectivity index (χ0v) is 34.2. The van der Waals surface area contributed by atoms with Crippen LogP contribution in [-0.4, -0.2) is 61.0 Å². The Morgan fingerprint density at radius 1 is 0.797 bits per heavy atom. The molecule has 0 bridgehead atoms. The summed E-state index contributed by atoms with van der Waals surface area (Å²) in [7, 11) is 0. The Bertz CT molecular complexity index is 2910. The lowest BCUT2D eigenvalue weighted by molar-refractivity contribution is 0.0269. The molecule has 0 aliphatic carbocycles. The average Bonchev–Trinajstić information content (AvgIpc) is 4.03. The quantitative estimate of drug-likeness (QED) is 0.178. The molecule has 0 radical (unpaired) electrons. The Labute approximate surface area is 343 Å². The molecule has 2 fully saturated rings. The van der Waals surface area contributed by atoms with E-state index < -0.39 is 0 Å². The van der Waals surface area contributed by atoms with E-state index in [0.29, 0.717) is 29.2 Å². The SMILES string of the molecule is CC[C@@]12C=C(c3nc(C)c(C(=O)Nc4cccc5c4c4c6n5C(c5nc(C)c(C#N)o5)=C[C@]5(CC)CCCN(CC4)[C@H]65)o3)n3c4c(c5ccccc53)CCN(CCC1)[C@H]42. The first kappa shape index (κ1) is 35.3. The van der Waals surface area contributed by atoms with Crippen LogP contribution in [0.15, 0.2) is 63.5 Å². The Morgan fingerprint density at radius 2 is 1.41 bits per heavy atom. The highest BCUT2D eigenvalue weighted by atomic mass is 16.4. The third kappa shape index (κ3) is 4.62. The fourth-order valence-electron chi connectivity index (χ4n) is 12.6. The van der Waals surface area contributed by atoms with Gasteiger partial charge in [-0.15, -0.1) is 0 Å². The van der Waals surface area contributed by atoms with E-state index >= 15 is 0 Å². The largest absolute Gasteiger partial charge is 0.429 e. The molecule has 10 heterocycles. The highest BCUT2D eigenvalue weighted by Crippen LogP contribution is 2.60. The molecule has 4 aromatic heterocycles. The number of aromatic nitrogens is 4. The molecular weight excluding hydrogens is 737 g/mol. The van der Waals surface area contributed by atoms with Gasteiger partial charge in [-0.1, -0.05) is 38.1 Å². The van der Waals surface area contributed by atoms with Crippen molar-refractivity contribution < 1.29 is 13.6 Å². The Balaban J connectivity index is 0.977. The number of amides is 1. The number of rotatable bonds is 6. The summed E-state index contributed by atoms with van der Waals surface area (Å²) in [6.07, 6.45) is 13.1. The number of carbonyl (C=O) groups is 1. The van der Waals surface area contributed by atoms with E-state index in [0.717, 1.165) is 106 Å². The number of oxazole rings is 2. The van der Waals surface area contributed by atoms with Crippen molar-refractivity contribution in [3.05, 3.63) is 112 Å². The number of nitriles is 1. The van der Waals surface area contributed by atoms with Crippen molar-refractivity contribution in [2.24, 2.45) is 10.8 Å². The van der Waals surface area contributed by atoms with Crippen molar-refractivity contribution >= 4 is 44.8 Å². The molecule has 0 saturated carbocycles. The van der Waals surface area contributed by atoms with Gasteiger partial charge in [-0.25, -0.2) is 9.97 Å². The van der Waals surface area contributed by atoms with Gasteiger partial charge in [0, 0.05) is 46.1 Å². The third-order valence-electron chi connectivity index (χ3n) is 15.2. The number of hydrogen-bond acceptors (Lipinski definition) is 8. The van der Waals surface area contributed by atoms with Crippen molar-refractivity contribution in [1.82, 2.24) is 28.9 Å². The van der Waals surface area contributed by atoms with Crippen LogP contribution in [-0.2, 0) is 12.8 Å². The van der Waals surface area contributed by atoms with Crippen LogP contribution >= 0.6 is 0 Å². The van der Waals surface area contributed by atoms with Crippen LogP contribution in [0.4, 0.5) is 5.69 Å². The first-order valence-corrected chi connectivity index (χ1v) is 21.7. The molecular formula is C48H48N8O3. The van der Waals surface area contributed by atoms with Crippen LogP contribution in [0.1, 0.15) is 126 Å². The van der Waals surface area contributed by atoms with E-state index in [1.807, 2.05) is 26.0 Å². The number of nitrogens with one attached hydrogen (secondary N) is 1. The number of benzene rings is 2. The predicted molar refractivity (Wildman–Crippen MR) is 226 cm³/mol.